The van der Waals surface area contributed by atoms with E-state index in [1.165, 1.54) is 28.2 Å². The molecule has 1 unspecified atom stereocenters. The van der Waals surface area contributed by atoms with Gasteiger partial charge in [-0.15, -0.1) is 22.7 Å². The highest BCUT2D eigenvalue weighted by Gasteiger charge is 2.20. The summed E-state index contributed by atoms with van der Waals surface area (Å²) in [6.45, 7) is 2.27. The fraction of sp³-hybridized carbons (Fsp3) is 0.385. The Kier molecular flexibility index (Phi) is 3.18. The van der Waals surface area contributed by atoms with Crippen LogP contribution in [-0.4, -0.2) is 10.9 Å². The highest BCUT2D eigenvalue weighted by atomic mass is 32.1. The molecule has 0 spiro atoms. The van der Waals surface area contributed by atoms with Gasteiger partial charge in [0.25, 0.3) is 5.91 Å². The van der Waals surface area contributed by atoms with E-state index in [2.05, 4.69) is 23.3 Å². The molecular formula is C13H14N2OS2. The van der Waals surface area contributed by atoms with Crippen LogP contribution in [0, 0.1) is 5.92 Å². The molecule has 2 aromatic heterocycles. The zero-order chi connectivity index (χ0) is 12.5. The van der Waals surface area contributed by atoms with Crippen LogP contribution in [0.5, 0.6) is 0 Å². The molecule has 3 nitrogen and oxygen atoms in total. The van der Waals surface area contributed by atoms with Gasteiger partial charge < -0.3 is 0 Å². The fourth-order valence-corrected chi connectivity index (χ4v) is 3.89. The molecular weight excluding hydrogens is 264 g/mol. The minimum atomic E-state index is -0.0306. The number of anilines is 1. The smallest absolute Gasteiger partial charge is 0.267 e. The van der Waals surface area contributed by atoms with Gasteiger partial charge in [-0.3, -0.25) is 10.1 Å². The third-order valence-corrected chi connectivity index (χ3v) is 5.13. The van der Waals surface area contributed by atoms with Crippen molar-refractivity contribution in [1.82, 2.24) is 4.98 Å². The maximum Gasteiger partial charge on any atom is 0.267 e. The van der Waals surface area contributed by atoms with Gasteiger partial charge in [-0.1, -0.05) is 6.92 Å². The Morgan fingerprint density at radius 1 is 1.56 bits per heavy atom. The van der Waals surface area contributed by atoms with Crippen molar-refractivity contribution in [1.29, 1.82) is 0 Å². The van der Waals surface area contributed by atoms with E-state index in [1.54, 1.807) is 17.5 Å². The Bertz CT molecular complexity index is 560. The summed E-state index contributed by atoms with van der Waals surface area (Å²) in [7, 11) is 0. The molecule has 0 fully saturated rings. The molecule has 0 radical (unpaired) electrons. The van der Waals surface area contributed by atoms with Gasteiger partial charge in [0.2, 0.25) is 0 Å². The Hall–Kier alpha value is -1.20. The second kappa shape index (κ2) is 4.82. The Morgan fingerprint density at radius 2 is 2.44 bits per heavy atom. The standard InChI is InChI=1S/C13H14N2OS2/c1-8-2-3-10-9(6-8)7-11(18-10)12(16)15-13-14-4-5-17-13/h4-5,7-8H,2-3,6H2,1H3,(H,14,15,16). The number of carbonyl (C=O) groups is 1. The lowest BCUT2D eigenvalue weighted by Crippen LogP contribution is -2.09. The van der Waals surface area contributed by atoms with Crippen LogP contribution >= 0.6 is 22.7 Å². The summed E-state index contributed by atoms with van der Waals surface area (Å²) in [6, 6.07) is 2.05. The SMILES string of the molecule is CC1CCc2sc(C(=O)Nc3nccs3)cc2C1. The number of thiazole rings is 1. The maximum absolute atomic E-state index is 12.1. The van der Waals surface area contributed by atoms with Crippen LogP contribution in [0.3, 0.4) is 0 Å². The van der Waals surface area contributed by atoms with Crippen LogP contribution in [0.15, 0.2) is 17.6 Å². The zero-order valence-corrected chi connectivity index (χ0v) is 11.7. The Labute approximate surface area is 114 Å². The second-order valence-corrected chi connectivity index (χ2v) is 6.73. The van der Waals surface area contributed by atoms with Crippen molar-refractivity contribution in [2.45, 2.75) is 26.2 Å². The zero-order valence-electron chi connectivity index (χ0n) is 10.1. The summed E-state index contributed by atoms with van der Waals surface area (Å²) < 4.78 is 0. The first-order chi connectivity index (χ1) is 8.72. The lowest BCUT2D eigenvalue weighted by atomic mass is 9.90. The van der Waals surface area contributed by atoms with Gasteiger partial charge in [0, 0.05) is 16.5 Å². The van der Waals surface area contributed by atoms with Crippen LogP contribution in [0.2, 0.25) is 0 Å². The lowest BCUT2D eigenvalue weighted by Gasteiger charge is -2.16. The molecule has 1 N–H and O–H groups in total. The van der Waals surface area contributed by atoms with Crippen LogP contribution in [0.4, 0.5) is 5.13 Å². The summed E-state index contributed by atoms with van der Waals surface area (Å²) in [5.41, 5.74) is 1.36. The molecule has 18 heavy (non-hydrogen) atoms. The largest absolute Gasteiger partial charge is 0.297 e. The molecule has 1 atom stereocenters. The minimum absolute atomic E-state index is 0.0306. The molecule has 0 bridgehead atoms. The van der Waals surface area contributed by atoms with Crippen LogP contribution in [0.1, 0.15) is 33.5 Å². The third-order valence-electron chi connectivity index (χ3n) is 3.21. The van der Waals surface area contributed by atoms with Crippen molar-refractivity contribution in [3.8, 4) is 0 Å². The van der Waals surface area contributed by atoms with Gasteiger partial charge in [0.15, 0.2) is 5.13 Å². The molecule has 2 heterocycles. The van der Waals surface area contributed by atoms with E-state index < -0.39 is 0 Å². The van der Waals surface area contributed by atoms with Gasteiger partial charge in [0.1, 0.15) is 0 Å². The van der Waals surface area contributed by atoms with E-state index in [1.807, 2.05) is 5.38 Å². The number of carbonyl (C=O) groups excluding carboxylic acids is 1. The molecule has 1 amide bonds. The molecule has 0 saturated carbocycles. The van der Waals surface area contributed by atoms with E-state index in [4.69, 9.17) is 0 Å². The first-order valence-electron chi connectivity index (χ1n) is 6.05. The Morgan fingerprint density at radius 3 is 3.22 bits per heavy atom. The highest BCUT2D eigenvalue weighted by Crippen LogP contribution is 2.32. The van der Waals surface area contributed by atoms with Crippen molar-refractivity contribution in [2.24, 2.45) is 5.92 Å². The van der Waals surface area contributed by atoms with Crippen molar-refractivity contribution in [2.75, 3.05) is 5.32 Å². The van der Waals surface area contributed by atoms with Gasteiger partial charge in [-0.25, -0.2) is 4.98 Å². The second-order valence-electron chi connectivity index (χ2n) is 4.70. The molecule has 94 valence electrons. The topological polar surface area (TPSA) is 42.0 Å². The molecule has 5 heteroatoms. The maximum atomic E-state index is 12.1. The van der Waals surface area contributed by atoms with Crippen LogP contribution < -0.4 is 5.32 Å². The van der Waals surface area contributed by atoms with Crippen molar-refractivity contribution < 1.29 is 4.79 Å². The van der Waals surface area contributed by atoms with Crippen molar-refractivity contribution >= 4 is 33.7 Å². The van der Waals surface area contributed by atoms with Crippen molar-refractivity contribution in [3.05, 3.63) is 33.0 Å². The number of rotatable bonds is 2. The predicted molar refractivity (Wildman–Crippen MR) is 75.6 cm³/mol. The summed E-state index contributed by atoms with van der Waals surface area (Å²) in [5.74, 6) is 0.707. The summed E-state index contributed by atoms with van der Waals surface area (Å²) in [4.78, 5) is 18.3. The number of hydrogen-bond donors (Lipinski definition) is 1. The van der Waals surface area contributed by atoms with E-state index in [9.17, 15) is 4.79 Å². The van der Waals surface area contributed by atoms with Gasteiger partial charge in [-0.05, 0) is 36.8 Å². The molecule has 1 aliphatic carbocycles. The molecule has 1 aliphatic rings. The number of fused-ring (bicyclic) bond motifs is 1. The number of nitrogens with zero attached hydrogens (tertiary/aromatic N) is 1. The molecule has 0 aliphatic heterocycles. The number of amides is 1. The lowest BCUT2D eigenvalue weighted by molar-refractivity contribution is 0.103. The normalized spacial score (nSPS) is 18.4. The minimum Gasteiger partial charge on any atom is -0.297 e. The summed E-state index contributed by atoms with van der Waals surface area (Å²) >= 11 is 3.07. The van der Waals surface area contributed by atoms with Gasteiger partial charge >= 0.3 is 0 Å². The van der Waals surface area contributed by atoms with E-state index in [-0.39, 0.29) is 5.91 Å². The number of hydrogen-bond acceptors (Lipinski definition) is 4. The summed E-state index contributed by atoms with van der Waals surface area (Å²) in [5, 5.41) is 5.36. The quantitative estimate of drug-likeness (QED) is 0.912. The predicted octanol–water partition coefficient (Wildman–Crippen LogP) is 3.58. The number of aryl methyl sites for hydroxylation is 1. The fourth-order valence-electron chi connectivity index (χ4n) is 2.26. The average molecular weight is 278 g/mol. The average Bonchev–Trinajstić information content (AvgIpc) is 2.96. The monoisotopic (exact) mass is 278 g/mol. The number of aromatic nitrogens is 1. The molecule has 0 saturated heterocycles. The van der Waals surface area contributed by atoms with Crippen molar-refractivity contribution in [3.63, 3.8) is 0 Å². The molecule has 2 aromatic rings. The van der Waals surface area contributed by atoms with E-state index in [0.717, 1.165) is 23.6 Å². The molecule has 0 aromatic carbocycles. The van der Waals surface area contributed by atoms with Gasteiger partial charge in [-0.2, -0.15) is 0 Å². The summed E-state index contributed by atoms with van der Waals surface area (Å²) in [6.07, 6.45) is 5.16. The first kappa shape index (κ1) is 11.9. The van der Waals surface area contributed by atoms with Gasteiger partial charge in [0.05, 0.1) is 4.88 Å². The van der Waals surface area contributed by atoms with Crippen LogP contribution in [0.25, 0.3) is 0 Å². The first-order valence-corrected chi connectivity index (χ1v) is 7.74. The number of thiophene rings is 1. The third kappa shape index (κ3) is 2.33. The Balaban J connectivity index is 1.78. The highest BCUT2D eigenvalue weighted by molar-refractivity contribution is 7.15. The molecule has 3 rings (SSSR count). The van der Waals surface area contributed by atoms with E-state index in [0.29, 0.717) is 5.13 Å². The number of nitrogens with one attached hydrogen (secondary N) is 1. The van der Waals surface area contributed by atoms with Crippen LogP contribution in [-0.2, 0) is 12.8 Å². The van der Waals surface area contributed by atoms with E-state index >= 15 is 0 Å².